The predicted molar refractivity (Wildman–Crippen MR) is 125 cm³/mol. The molecule has 0 aliphatic heterocycles. The smallest absolute Gasteiger partial charge is 0.254 e. The van der Waals surface area contributed by atoms with Crippen LogP contribution < -0.4 is 14.8 Å². The summed E-state index contributed by atoms with van der Waals surface area (Å²) in [7, 11) is 1.54. The zero-order valence-electron chi connectivity index (χ0n) is 18.0. The highest BCUT2D eigenvalue weighted by Crippen LogP contribution is 2.23. The molecule has 6 nitrogen and oxygen atoms in total. The largest absolute Gasteiger partial charge is 0.495 e. The van der Waals surface area contributed by atoms with Crippen molar-refractivity contribution in [3.05, 3.63) is 88.9 Å². The molecule has 0 aliphatic carbocycles. The van der Waals surface area contributed by atoms with Crippen LogP contribution in [-0.4, -0.2) is 36.9 Å². The van der Waals surface area contributed by atoms with Gasteiger partial charge in [-0.05, 0) is 55.0 Å². The second-order valence-corrected chi connectivity index (χ2v) is 7.45. The van der Waals surface area contributed by atoms with Gasteiger partial charge in [0.25, 0.3) is 5.91 Å². The van der Waals surface area contributed by atoms with Crippen LogP contribution in [-0.2, 0) is 11.4 Å². The maximum absolute atomic E-state index is 13.0. The van der Waals surface area contributed by atoms with E-state index in [2.05, 4.69) is 5.32 Å². The Morgan fingerprint density at radius 2 is 1.78 bits per heavy atom. The number of carbonyl (C=O) groups is 2. The number of methoxy groups -OCH3 is 1. The van der Waals surface area contributed by atoms with E-state index in [1.54, 1.807) is 48.5 Å². The highest BCUT2D eigenvalue weighted by atomic mass is 35.5. The predicted octanol–water partition coefficient (Wildman–Crippen LogP) is 5.03. The van der Waals surface area contributed by atoms with Crippen molar-refractivity contribution in [2.75, 3.05) is 25.5 Å². The number of hydrogen-bond acceptors (Lipinski definition) is 4. The Morgan fingerprint density at radius 1 is 1.00 bits per heavy atom. The minimum atomic E-state index is -0.307. The van der Waals surface area contributed by atoms with E-state index in [9.17, 15) is 9.59 Å². The summed E-state index contributed by atoms with van der Waals surface area (Å²) in [6.07, 6.45) is 0. The number of halogens is 1. The number of amides is 2. The molecule has 0 aromatic heterocycles. The van der Waals surface area contributed by atoms with Gasteiger partial charge < -0.3 is 19.7 Å². The van der Waals surface area contributed by atoms with Gasteiger partial charge in [-0.25, -0.2) is 0 Å². The van der Waals surface area contributed by atoms with Crippen LogP contribution in [0.15, 0.2) is 72.8 Å². The van der Waals surface area contributed by atoms with Crippen molar-refractivity contribution in [3.63, 3.8) is 0 Å². The number of para-hydroxylation sites is 2. The summed E-state index contributed by atoms with van der Waals surface area (Å²) in [6.45, 7) is 2.46. The van der Waals surface area contributed by atoms with E-state index in [4.69, 9.17) is 21.1 Å². The zero-order chi connectivity index (χ0) is 22.9. The second-order valence-electron chi connectivity index (χ2n) is 7.01. The Hall–Kier alpha value is -3.51. The third-order valence-electron chi connectivity index (χ3n) is 4.76. The van der Waals surface area contributed by atoms with Crippen LogP contribution in [0.2, 0.25) is 5.02 Å². The van der Waals surface area contributed by atoms with Gasteiger partial charge in [0, 0.05) is 17.1 Å². The van der Waals surface area contributed by atoms with Gasteiger partial charge in [-0.15, -0.1) is 0 Å². The fourth-order valence-electron chi connectivity index (χ4n) is 3.13. The number of carbonyl (C=O) groups excluding carboxylic acids is 2. The lowest BCUT2D eigenvalue weighted by Crippen LogP contribution is -2.37. The zero-order valence-corrected chi connectivity index (χ0v) is 18.8. The van der Waals surface area contributed by atoms with Gasteiger partial charge >= 0.3 is 0 Å². The Bertz CT molecular complexity index is 1090. The molecule has 0 heterocycles. The molecule has 166 valence electrons. The average Bonchev–Trinajstić information content (AvgIpc) is 2.81. The minimum Gasteiger partial charge on any atom is -0.495 e. The number of anilines is 1. The van der Waals surface area contributed by atoms with E-state index in [1.807, 2.05) is 31.2 Å². The lowest BCUT2D eigenvalue weighted by atomic mass is 10.2. The van der Waals surface area contributed by atoms with Gasteiger partial charge in [-0.3, -0.25) is 9.59 Å². The van der Waals surface area contributed by atoms with E-state index in [-0.39, 0.29) is 18.4 Å². The fourth-order valence-corrected chi connectivity index (χ4v) is 3.35. The van der Waals surface area contributed by atoms with Gasteiger partial charge in [-0.2, -0.15) is 0 Å². The maximum atomic E-state index is 13.0. The first-order chi connectivity index (χ1) is 15.5. The molecule has 1 N–H and O–H groups in total. The molecule has 3 rings (SSSR count). The van der Waals surface area contributed by atoms with Gasteiger partial charge in [0.15, 0.2) is 0 Å². The van der Waals surface area contributed by atoms with E-state index < -0.39 is 0 Å². The molecule has 3 aromatic rings. The molecule has 0 fully saturated rings. The van der Waals surface area contributed by atoms with Crippen molar-refractivity contribution >= 4 is 29.1 Å². The number of rotatable bonds is 9. The highest BCUT2D eigenvalue weighted by molar-refractivity contribution is 6.30. The van der Waals surface area contributed by atoms with Crippen LogP contribution in [0.4, 0.5) is 5.69 Å². The van der Waals surface area contributed by atoms with Crippen molar-refractivity contribution in [2.45, 2.75) is 13.5 Å². The fraction of sp³-hybridized carbons (Fsp3) is 0.200. The van der Waals surface area contributed by atoms with Crippen molar-refractivity contribution < 1.29 is 19.1 Å². The molecule has 7 heteroatoms. The number of nitrogens with zero attached hydrogens (tertiary/aromatic N) is 1. The minimum absolute atomic E-state index is 0.0824. The Labute approximate surface area is 192 Å². The van der Waals surface area contributed by atoms with Gasteiger partial charge in [0.1, 0.15) is 24.7 Å². The first-order valence-electron chi connectivity index (χ1n) is 10.2. The van der Waals surface area contributed by atoms with Gasteiger partial charge in [0.05, 0.1) is 12.8 Å². The standard InChI is InChI=1S/C25H25ClN2O4/c1-3-28(16-24(29)27-22-12-4-5-13-23(22)31-2)25(30)19-9-7-11-21(15-19)32-17-18-8-6-10-20(26)14-18/h4-15H,3,16-17H2,1-2H3,(H,27,29). The van der Waals surface area contributed by atoms with Crippen molar-refractivity contribution in [3.8, 4) is 11.5 Å². The summed E-state index contributed by atoms with van der Waals surface area (Å²) in [5, 5.41) is 3.43. The Kier molecular flexibility index (Phi) is 8.11. The third-order valence-corrected chi connectivity index (χ3v) is 5.00. The highest BCUT2D eigenvalue weighted by Gasteiger charge is 2.18. The summed E-state index contributed by atoms with van der Waals surface area (Å²) >= 11 is 6.01. The van der Waals surface area contributed by atoms with Crippen LogP contribution in [0, 0.1) is 0 Å². The van der Waals surface area contributed by atoms with Crippen LogP contribution in [0.5, 0.6) is 11.5 Å². The Morgan fingerprint density at radius 3 is 2.53 bits per heavy atom. The second kappa shape index (κ2) is 11.2. The third kappa shape index (κ3) is 6.25. The van der Waals surface area contributed by atoms with E-state index in [1.165, 1.54) is 12.0 Å². The first-order valence-corrected chi connectivity index (χ1v) is 10.6. The summed E-state index contributed by atoms with van der Waals surface area (Å²) < 4.78 is 11.1. The normalized spacial score (nSPS) is 10.3. The van der Waals surface area contributed by atoms with Crippen LogP contribution in [0.3, 0.4) is 0 Å². The first kappa shape index (κ1) is 23.2. The number of ether oxygens (including phenoxy) is 2. The monoisotopic (exact) mass is 452 g/mol. The molecule has 32 heavy (non-hydrogen) atoms. The number of hydrogen-bond donors (Lipinski definition) is 1. The molecule has 2 amide bonds. The average molecular weight is 453 g/mol. The molecule has 0 atom stereocenters. The van der Waals surface area contributed by atoms with E-state index in [0.29, 0.717) is 40.9 Å². The molecular weight excluding hydrogens is 428 g/mol. The maximum Gasteiger partial charge on any atom is 0.254 e. The van der Waals surface area contributed by atoms with Crippen molar-refractivity contribution in [1.82, 2.24) is 4.90 Å². The molecule has 0 radical (unpaired) electrons. The molecule has 0 unspecified atom stereocenters. The number of nitrogens with one attached hydrogen (secondary N) is 1. The molecule has 0 bridgehead atoms. The van der Waals surface area contributed by atoms with Crippen LogP contribution in [0.1, 0.15) is 22.8 Å². The van der Waals surface area contributed by atoms with E-state index in [0.717, 1.165) is 5.56 Å². The SMILES string of the molecule is CCN(CC(=O)Nc1ccccc1OC)C(=O)c1cccc(OCc2cccc(Cl)c2)c1. The molecule has 0 saturated heterocycles. The molecule has 3 aromatic carbocycles. The summed E-state index contributed by atoms with van der Waals surface area (Å²) in [4.78, 5) is 27.0. The topological polar surface area (TPSA) is 67.9 Å². The number of likely N-dealkylation sites (N-methyl/N-ethyl adjacent to an activating group) is 1. The lowest BCUT2D eigenvalue weighted by Gasteiger charge is -2.21. The molecular formula is C25H25ClN2O4. The van der Waals surface area contributed by atoms with Gasteiger partial charge in [0.2, 0.25) is 5.91 Å². The van der Waals surface area contributed by atoms with Crippen molar-refractivity contribution in [2.24, 2.45) is 0 Å². The van der Waals surface area contributed by atoms with E-state index >= 15 is 0 Å². The Balaban J connectivity index is 1.64. The summed E-state index contributed by atoms with van der Waals surface area (Å²) in [5.74, 6) is 0.555. The van der Waals surface area contributed by atoms with Crippen LogP contribution in [0.25, 0.3) is 0 Å². The summed E-state index contributed by atoms with van der Waals surface area (Å²) in [5.41, 5.74) is 1.93. The molecule has 0 aliphatic rings. The van der Waals surface area contributed by atoms with Crippen molar-refractivity contribution in [1.29, 1.82) is 0 Å². The summed E-state index contributed by atoms with van der Waals surface area (Å²) in [6, 6.07) is 21.4. The van der Waals surface area contributed by atoms with Crippen LogP contribution >= 0.6 is 11.6 Å². The molecule has 0 spiro atoms. The lowest BCUT2D eigenvalue weighted by molar-refractivity contribution is -0.116. The molecule has 0 saturated carbocycles. The van der Waals surface area contributed by atoms with Gasteiger partial charge in [-0.1, -0.05) is 41.9 Å². The quantitative estimate of drug-likeness (QED) is 0.494. The number of benzene rings is 3.